The number of hydrogen-bond donors (Lipinski definition) is 0. The van der Waals surface area contributed by atoms with Crippen molar-refractivity contribution in [3.8, 4) is 0 Å². The lowest BCUT2D eigenvalue weighted by atomic mass is 9.94. The number of esters is 3. The second kappa shape index (κ2) is 9.58. The molecule has 0 spiro atoms. The van der Waals surface area contributed by atoms with Crippen LogP contribution in [0.1, 0.15) is 47.0 Å². The second-order valence-corrected chi connectivity index (χ2v) is 5.64. The van der Waals surface area contributed by atoms with Crippen LogP contribution in [0.15, 0.2) is 0 Å². The van der Waals surface area contributed by atoms with E-state index in [1.54, 1.807) is 0 Å². The van der Waals surface area contributed by atoms with Crippen molar-refractivity contribution in [1.29, 1.82) is 0 Å². The van der Waals surface area contributed by atoms with Crippen LogP contribution in [0.25, 0.3) is 0 Å². The van der Waals surface area contributed by atoms with Crippen molar-refractivity contribution in [3.63, 3.8) is 0 Å². The molecule has 1 rings (SSSR count). The van der Waals surface area contributed by atoms with E-state index in [1.165, 1.54) is 27.9 Å². The Hall–Kier alpha value is -1.67. The summed E-state index contributed by atoms with van der Waals surface area (Å²) >= 11 is 0. The Morgan fingerprint density at radius 2 is 1.38 bits per heavy atom. The van der Waals surface area contributed by atoms with Crippen molar-refractivity contribution >= 4 is 17.9 Å². The molecule has 0 radical (unpaired) electrons. The van der Waals surface area contributed by atoms with Gasteiger partial charge in [0.15, 0.2) is 24.6 Å². The molecule has 5 atom stereocenters. The maximum Gasteiger partial charge on any atom is 0.303 e. The molecule has 0 aromatic carbocycles. The maximum atomic E-state index is 11.5. The number of hydrogen-bond acceptors (Lipinski definition) is 8. The molecule has 0 unspecified atom stereocenters. The Morgan fingerprint density at radius 1 is 0.875 bits per heavy atom. The normalized spacial score (nSPS) is 29.6. The lowest BCUT2D eigenvalue weighted by Crippen LogP contribution is -2.61. The van der Waals surface area contributed by atoms with Crippen LogP contribution in [0.4, 0.5) is 0 Å². The van der Waals surface area contributed by atoms with Gasteiger partial charge in [-0.05, 0) is 6.42 Å². The summed E-state index contributed by atoms with van der Waals surface area (Å²) < 4.78 is 26.9. The molecule has 0 N–H and O–H groups in total. The molecule has 0 saturated carbocycles. The van der Waals surface area contributed by atoms with Crippen molar-refractivity contribution in [1.82, 2.24) is 0 Å². The first-order valence-corrected chi connectivity index (χ1v) is 8.00. The van der Waals surface area contributed by atoms with Crippen molar-refractivity contribution in [3.05, 3.63) is 0 Å². The van der Waals surface area contributed by atoms with Crippen molar-refractivity contribution in [2.75, 3.05) is 7.11 Å². The van der Waals surface area contributed by atoms with E-state index in [2.05, 4.69) is 0 Å². The van der Waals surface area contributed by atoms with Crippen LogP contribution in [0.3, 0.4) is 0 Å². The predicted molar refractivity (Wildman–Crippen MR) is 81.9 cm³/mol. The van der Waals surface area contributed by atoms with E-state index >= 15 is 0 Å². The minimum Gasteiger partial charge on any atom is -0.456 e. The van der Waals surface area contributed by atoms with Crippen LogP contribution in [0.2, 0.25) is 0 Å². The second-order valence-electron chi connectivity index (χ2n) is 5.64. The monoisotopic (exact) mass is 346 g/mol. The number of unbranched alkanes of at least 4 members (excludes halogenated alkanes) is 1. The molecule has 24 heavy (non-hydrogen) atoms. The number of carbonyl (C=O) groups excluding carboxylic acids is 3. The zero-order chi connectivity index (χ0) is 18.3. The predicted octanol–water partition coefficient (Wildman–Crippen LogP) is 1.34. The van der Waals surface area contributed by atoms with Crippen molar-refractivity contribution in [2.24, 2.45) is 0 Å². The van der Waals surface area contributed by atoms with Gasteiger partial charge in [-0.2, -0.15) is 0 Å². The van der Waals surface area contributed by atoms with Gasteiger partial charge in [-0.3, -0.25) is 14.4 Å². The van der Waals surface area contributed by atoms with Crippen LogP contribution in [-0.4, -0.2) is 55.7 Å². The highest BCUT2D eigenvalue weighted by Crippen LogP contribution is 2.31. The molecular formula is C16H26O8. The van der Waals surface area contributed by atoms with Crippen molar-refractivity contribution in [2.45, 2.75) is 77.7 Å². The molecule has 1 aliphatic heterocycles. The third-order valence-electron chi connectivity index (χ3n) is 3.57. The highest BCUT2D eigenvalue weighted by Gasteiger charge is 2.51. The summed E-state index contributed by atoms with van der Waals surface area (Å²) in [6.07, 6.45) is -2.05. The van der Waals surface area contributed by atoms with E-state index in [4.69, 9.17) is 23.7 Å². The molecule has 0 amide bonds. The van der Waals surface area contributed by atoms with Gasteiger partial charge in [-0.25, -0.2) is 0 Å². The van der Waals surface area contributed by atoms with Gasteiger partial charge in [-0.1, -0.05) is 19.8 Å². The largest absolute Gasteiger partial charge is 0.456 e. The van der Waals surface area contributed by atoms with E-state index < -0.39 is 48.6 Å². The molecule has 8 nitrogen and oxygen atoms in total. The Kier molecular flexibility index (Phi) is 8.14. The molecule has 138 valence electrons. The minimum atomic E-state index is -1.03. The Labute approximate surface area is 141 Å². The Morgan fingerprint density at radius 3 is 1.83 bits per heavy atom. The SMILES string of the molecule is CCCC[C@H]1O[C@H](OC)[C@@H](OC(C)=O)[C@H](OC(C)=O)[C@@H]1OC(C)=O. The quantitative estimate of drug-likeness (QED) is 0.503. The number of rotatable bonds is 7. The highest BCUT2D eigenvalue weighted by molar-refractivity contribution is 5.68. The van der Waals surface area contributed by atoms with Gasteiger partial charge in [0.05, 0.1) is 0 Å². The average Bonchev–Trinajstić information content (AvgIpc) is 2.48. The van der Waals surface area contributed by atoms with Crippen LogP contribution in [0, 0.1) is 0 Å². The highest BCUT2D eigenvalue weighted by atomic mass is 16.7. The summed E-state index contributed by atoms with van der Waals surface area (Å²) in [6, 6.07) is 0. The summed E-state index contributed by atoms with van der Waals surface area (Å²) in [7, 11) is 1.40. The molecule has 0 aromatic heterocycles. The zero-order valence-corrected chi connectivity index (χ0v) is 14.8. The van der Waals surface area contributed by atoms with E-state index in [9.17, 15) is 14.4 Å². The van der Waals surface area contributed by atoms with Gasteiger partial charge < -0.3 is 23.7 Å². The van der Waals surface area contributed by atoms with E-state index in [0.717, 1.165) is 12.8 Å². The summed E-state index contributed by atoms with van der Waals surface area (Å²) in [6.45, 7) is 5.73. The number of carbonyl (C=O) groups is 3. The van der Waals surface area contributed by atoms with Gasteiger partial charge in [0.25, 0.3) is 0 Å². The molecule has 0 aliphatic carbocycles. The van der Waals surface area contributed by atoms with E-state index in [1.807, 2.05) is 6.92 Å². The van der Waals surface area contributed by atoms with E-state index in [0.29, 0.717) is 6.42 Å². The first-order chi connectivity index (χ1) is 11.3. The fourth-order valence-electron chi connectivity index (χ4n) is 2.68. The molecule has 0 aromatic rings. The smallest absolute Gasteiger partial charge is 0.303 e. The summed E-state index contributed by atoms with van der Waals surface area (Å²) in [4.78, 5) is 34.4. The topological polar surface area (TPSA) is 97.4 Å². The summed E-state index contributed by atoms with van der Waals surface area (Å²) in [5.41, 5.74) is 0. The number of ether oxygens (including phenoxy) is 5. The van der Waals surface area contributed by atoms with E-state index in [-0.39, 0.29) is 0 Å². The summed E-state index contributed by atoms with van der Waals surface area (Å²) in [5, 5.41) is 0. The van der Waals surface area contributed by atoms with Crippen LogP contribution in [-0.2, 0) is 38.1 Å². The molecule has 1 saturated heterocycles. The van der Waals surface area contributed by atoms with Gasteiger partial charge in [-0.15, -0.1) is 0 Å². The fraction of sp³-hybridized carbons (Fsp3) is 0.812. The van der Waals surface area contributed by atoms with Crippen molar-refractivity contribution < 1.29 is 38.1 Å². The standard InChI is InChI=1S/C16H26O8/c1-6-7-8-12-13(21-9(2)17)14(22-10(3)18)15(23-11(4)19)16(20-5)24-12/h12-16H,6-8H2,1-5H3/t12-,13-,14-,15+,16+/m1/s1. The Bertz CT molecular complexity index is 449. The molecule has 8 heteroatoms. The molecule has 1 fully saturated rings. The van der Waals surface area contributed by atoms with Gasteiger partial charge >= 0.3 is 17.9 Å². The first-order valence-electron chi connectivity index (χ1n) is 8.00. The van der Waals surface area contributed by atoms with Crippen LogP contribution >= 0.6 is 0 Å². The van der Waals surface area contributed by atoms with Gasteiger partial charge in [0, 0.05) is 27.9 Å². The lowest BCUT2D eigenvalue weighted by Gasteiger charge is -2.44. The molecular weight excluding hydrogens is 320 g/mol. The maximum absolute atomic E-state index is 11.5. The van der Waals surface area contributed by atoms with Crippen LogP contribution < -0.4 is 0 Å². The van der Waals surface area contributed by atoms with Crippen LogP contribution in [0.5, 0.6) is 0 Å². The van der Waals surface area contributed by atoms with Gasteiger partial charge in [0.2, 0.25) is 0 Å². The average molecular weight is 346 g/mol. The third kappa shape index (κ3) is 5.76. The molecule has 1 aliphatic rings. The lowest BCUT2D eigenvalue weighted by molar-refractivity contribution is -0.299. The minimum absolute atomic E-state index is 0.532. The third-order valence-corrected chi connectivity index (χ3v) is 3.57. The molecule has 0 bridgehead atoms. The Balaban J connectivity index is 3.15. The first kappa shape index (κ1) is 20.4. The number of methoxy groups -OCH3 is 1. The summed E-state index contributed by atoms with van der Waals surface area (Å²) in [5.74, 6) is -1.71. The fourth-order valence-corrected chi connectivity index (χ4v) is 2.68. The zero-order valence-electron chi connectivity index (χ0n) is 14.8. The molecule has 1 heterocycles. The van der Waals surface area contributed by atoms with Gasteiger partial charge in [0.1, 0.15) is 6.10 Å².